The Bertz CT molecular complexity index is 2320. The molecule has 49 heavy (non-hydrogen) atoms. The van der Waals surface area contributed by atoms with Gasteiger partial charge in [0.25, 0.3) is 0 Å². The predicted molar refractivity (Wildman–Crippen MR) is 211 cm³/mol. The lowest BCUT2D eigenvalue weighted by Gasteiger charge is -2.27. The standard InChI is InChI=1S/C47H36N2/c1-35-20-28-42(29-21-35)49(47-34-38-12-8-9-17-44(38)45-18-10-11-19-46(45)47)43-32-26-37(27-33-43)23-22-36-24-30-41(31-25-36)48(39-13-4-2-5-14-39)40-15-6-3-7-16-40/h2-34H,1H3/b23-22+. The molecule has 8 aromatic rings. The Hall–Kier alpha value is -6.38. The van der Waals surface area contributed by atoms with Gasteiger partial charge in [-0.3, -0.25) is 0 Å². The monoisotopic (exact) mass is 628 g/mol. The number of fused-ring (bicyclic) bond motifs is 3. The van der Waals surface area contributed by atoms with Crippen LogP contribution >= 0.6 is 0 Å². The number of aryl methyl sites for hydroxylation is 1. The molecule has 2 heteroatoms. The SMILES string of the molecule is Cc1ccc(N(c2ccc(/C=C/c3ccc(N(c4ccccc4)c4ccccc4)cc3)cc2)c2cc3ccccc3c3ccccc23)cc1. The van der Waals surface area contributed by atoms with E-state index in [1.807, 2.05) is 0 Å². The molecule has 0 aliphatic heterocycles. The molecular formula is C47H36N2. The lowest BCUT2D eigenvalue weighted by molar-refractivity contribution is 1.28. The molecule has 0 bridgehead atoms. The Morgan fingerprint density at radius 3 is 1.31 bits per heavy atom. The fourth-order valence-electron chi connectivity index (χ4n) is 6.60. The van der Waals surface area contributed by atoms with Gasteiger partial charge in [-0.25, -0.2) is 0 Å². The number of anilines is 6. The van der Waals surface area contributed by atoms with E-state index in [0.29, 0.717) is 0 Å². The molecule has 0 spiro atoms. The van der Waals surface area contributed by atoms with E-state index in [0.717, 1.165) is 39.6 Å². The fraction of sp³-hybridized carbons (Fsp3) is 0.0213. The van der Waals surface area contributed by atoms with Gasteiger partial charge in [-0.2, -0.15) is 0 Å². The van der Waals surface area contributed by atoms with Gasteiger partial charge in [-0.1, -0.05) is 139 Å². The second kappa shape index (κ2) is 13.4. The average molecular weight is 629 g/mol. The zero-order chi connectivity index (χ0) is 33.0. The number of para-hydroxylation sites is 2. The number of hydrogen-bond acceptors (Lipinski definition) is 2. The van der Waals surface area contributed by atoms with Crippen LogP contribution in [0.25, 0.3) is 33.7 Å². The van der Waals surface area contributed by atoms with Gasteiger partial charge < -0.3 is 9.80 Å². The summed E-state index contributed by atoms with van der Waals surface area (Å²) < 4.78 is 0. The van der Waals surface area contributed by atoms with Crippen molar-refractivity contribution in [1.82, 2.24) is 0 Å². The van der Waals surface area contributed by atoms with Crippen LogP contribution in [0.5, 0.6) is 0 Å². The summed E-state index contributed by atoms with van der Waals surface area (Å²) in [6.45, 7) is 2.14. The molecule has 0 amide bonds. The first kappa shape index (κ1) is 30.0. The lowest BCUT2D eigenvalue weighted by Crippen LogP contribution is -2.10. The van der Waals surface area contributed by atoms with Crippen LogP contribution in [0.4, 0.5) is 34.1 Å². The first-order chi connectivity index (χ1) is 24.2. The summed E-state index contributed by atoms with van der Waals surface area (Å²) >= 11 is 0. The van der Waals surface area contributed by atoms with Gasteiger partial charge in [0.1, 0.15) is 0 Å². The summed E-state index contributed by atoms with van der Waals surface area (Å²) in [6.07, 6.45) is 4.37. The Kier molecular flexibility index (Phi) is 8.19. The zero-order valence-corrected chi connectivity index (χ0v) is 27.4. The molecule has 2 nitrogen and oxygen atoms in total. The van der Waals surface area contributed by atoms with Crippen molar-refractivity contribution < 1.29 is 0 Å². The molecule has 0 aliphatic rings. The van der Waals surface area contributed by atoms with E-state index in [9.17, 15) is 0 Å². The largest absolute Gasteiger partial charge is 0.311 e. The van der Waals surface area contributed by atoms with Crippen molar-refractivity contribution in [2.75, 3.05) is 9.80 Å². The summed E-state index contributed by atoms with van der Waals surface area (Å²) in [7, 11) is 0. The molecule has 0 saturated heterocycles. The van der Waals surface area contributed by atoms with E-state index in [2.05, 4.69) is 217 Å². The maximum atomic E-state index is 2.38. The van der Waals surface area contributed by atoms with Crippen molar-refractivity contribution >= 4 is 67.8 Å². The van der Waals surface area contributed by atoms with Gasteiger partial charge in [-0.05, 0) is 101 Å². The Morgan fingerprint density at radius 2 is 0.755 bits per heavy atom. The van der Waals surface area contributed by atoms with E-state index in [4.69, 9.17) is 0 Å². The third-order valence-electron chi connectivity index (χ3n) is 9.08. The normalized spacial score (nSPS) is 11.3. The van der Waals surface area contributed by atoms with E-state index in [1.54, 1.807) is 0 Å². The molecule has 0 aliphatic carbocycles. The molecule has 0 radical (unpaired) electrons. The van der Waals surface area contributed by atoms with E-state index in [-0.39, 0.29) is 0 Å². The summed E-state index contributed by atoms with van der Waals surface area (Å²) in [6, 6.07) is 67.2. The summed E-state index contributed by atoms with van der Waals surface area (Å²) in [5, 5.41) is 4.99. The van der Waals surface area contributed by atoms with Gasteiger partial charge in [0.2, 0.25) is 0 Å². The van der Waals surface area contributed by atoms with Gasteiger partial charge in [0.05, 0.1) is 5.69 Å². The van der Waals surface area contributed by atoms with Crippen LogP contribution in [0.1, 0.15) is 16.7 Å². The van der Waals surface area contributed by atoms with Crippen LogP contribution in [0, 0.1) is 6.92 Å². The Morgan fingerprint density at radius 1 is 0.347 bits per heavy atom. The maximum absolute atomic E-state index is 2.38. The van der Waals surface area contributed by atoms with Crippen LogP contribution < -0.4 is 9.80 Å². The molecule has 0 heterocycles. The molecular weight excluding hydrogens is 593 g/mol. The molecule has 234 valence electrons. The maximum Gasteiger partial charge on any atom is 0.0546 e. The fourth-order valence-corrected chi connectivity index (χ4v) is 6.60. The first-order valence-electron chi connectivity index (χ1n) is 16.8. The molecule has 0 atom stereocenters. The van der Waals surface area contributed by atoms with Crippen molar-refractivity contribution in [3.8, 4) is 0 Å². The van der Waals surface area contributed by atoms with Crippen LogP contribution in [0.15, 0.2) is 188 Å². The highest BCUT2D eigenvalue weighted by atomic mass is 15.1. The second-order valence-electron chi connectivity index (χ2n) is 12.4. The summed E-state index contributed by atoms with van der Waals surface area (Å²) in [4.78, 5) is 4.66. The molecule has 8 rings (SSSR count). The minimum Gasteiger partial charge on any atom is -0.311 e. The topological polar surface area (TPSA) is 6.48 Å². The minimum atomic E-state index is 1.12. The smallest absolute Gasteiger partial charge is 0.0546 e. The Labute approximate surface area is 288 Å². The molecule has 0 fully saturated rings. The number of nitrogens with zero attached hydrogens (tertiary/aromatic N) is 2. The third kappa shape index (κ3) is 6.20. The lowest BCUT2D eigenvalue weighted by atomic mass is 9.99. The van der Waals surface area contributed by atoms with E-state index >= 15 is 0 Å². The second-order valence-corrected chi connectivity index (χ2v) is 12.4. The highest BCUT2D eigenvalue weighted by Gasteiger charge is 2.17. The quantitative estimate of drug-likeness (QED) is 0.122. The number of hydrogen-bond donors (Lipinski definition) is 0. The van der Waals surface area contributed by atoms with Gasteiger partial charge in [-0.15, -0.1) is 0 Å². The molecule has 0 aromatic heterocycles. The highest BCUT2D eigenvalue weighted by molar-refractivity contribution is 6.14. The third-order valence-corrected chi connectivity index (χ3v) is 9.08. The van der Waals surface area contributed by atoms with Gasteiger partial charge in [0.15, 0.2) is 0 Å². The van der Waals surface area contributed by atoms with Crippen LogP contribution in [-0.2, 0) is 0 Å². The van der Waals surface area contributed by atoms with Crippen LogP contribution in [0.3, 0.4) is 0 Å². The van der Waals surface area contributed by atoms with Crippen molar-refractivity contribution in [3.63, 3.8) is 0 Å². The number of benzene rings is 8. The summed E-state index contributed by atoms with van der Waals surface area (Å²) in [5.74, 6) is 0. The highest BCUT2D eigenvalue weighted by Crippen LogP contribution is 2.42. The molecule has 0 saturated carbocycles. The molecule has 8 aromatic carbocycles. The minimum absolute atomic E-state index is 1.12. The van der Waals surface area contributed by atoms with Crippen molar-refractivity contribution in [2.24, 2.45) is 0 Å². The number of rotatable bonds is 8. The van der Waals surface area contributed by atoms with Crippen LogP contribution in [-0.4, -0.2) is 0 Å². The van der Waals surface area contributed by atoms with E-state index < -0.39 is 0 Å². The molecule has 0 N–H and O–H groups in total. The van der Waals surface area contributed by atoms with Crippen molar-refractivity contribution in [1.29, 1.82) is 0 Å². The van der Waals surface area contributed by atoms with Gasteiger partial charge >= 0.3 is 0 Å². The van der Waals surface area contributed by atoms with Crippen molar-refractivity contribution in [2.45, 2.75) is 6.92 Å². The van der Waals surface area contributed by atoms with Crippen LogP contribution in [0.2, 0.25) is 0 Å². The van der Waals surface area contributed by atoms with Gasteiger partial charge in [0, 0.05) is 33.8 Å². The summed E-state index contributed by atoms with van der Waals surface area (Å²) in [5.41, 5.74) is 10.4. The van der Waals surface area contributed by atoms with E-state index in [1.165, 1.54) is 32.8 Å². The zero-order valence-electron chi connectivity index (χ0n) is 27.4. The first-order valence-corrected chi connectivity index (χ1v) is 16.8. The molecule has 0 unspecified atom stereocenters. The average Bonchev–Trinajstić information content (AvgIpc) is 3.17. The predicted octanol–water partition coefficient (Wildman–Crippen LogP) is 13.4. The van der Waals surface area contributed by atoms with Crippen molar-refractivity contribution in [3.05, 3.63) is 205 Å². The Balaban J connectivity index is 1.11.